The Morgan fingerprint density at radius 2 is 1.95 bits per heavy atom. The summed E-state index contributed by atoms with van der Waals surface area (Å²) < 4.78 is 4.98. The van der Waals surface area contributed by atoms with Gasteiger partial charge in [0.2, 0.25) is 0 Å². The third-order valence-corrected chi connectivity index (χ3v) is 2.91. The molecule has 108 valence electrons. The smallest absolute Gasteiger partial charge is 0.134 e. The van der Waals surface area contributed by atoms with Gasteiger partial charge in [-0.3, -0.25) is 0 Å². The molecular weight excluding hydrogens is 244 g/mol. The molecule has 6 heteroatoms. The average Bonchev–Trinajstić information content (AvgIpc) is 2.38. The Morgan fingerprint density at radius 3 is 2.53 bits per heavy atom. The Bertz CT molecular complexity index is 396. The molecule has 0 aliphatic heterocycles. The van der Waals surface area contributed by atoms with Crippen molar-refractivity contribution in [3.05, 3.63) is 11.9 Å². The zero-order valence-electron chi connectivity index (χ0n) is 12.2. The molecule has 0 amide bonds. The molecule has 0 aliphatic carbocycles. The minimum Gasteiger partial charge on any atom is -0.388 e. The van der Waals surface area contributed by atoms with Crippen LogP contribution < -0.4 is 10.6 Å². The van der Waals surface area contributed by atoms with E-state index in [1.165, 1.54) is 6.33 Å². The van der Waals surface area contributed by atoms with Gasteiger partial charge in [0.1, 0.15) is 18.0 Å². The predicted octanol–water partition coefficient (Wildman–Crippen LogP) is 1.42. The van der Waals surface area contributed by atoms with E-state index in [9.17, 15) is 5.11 Å². The lowest BCUT2D eigenvalue weighted by Crippen LogP contribution is -2.35. The van der Waals surface area contributed by atoms with Gasteiger partial charge in [-0.2, -0.15) is 0 Å². The number of aliphatic hydroxyl groups is 1. The molecule has 1 heterocycles. The molecule has 0 radical (unpaired) electrons. The van der Waals surface area contributed by atoms with Crippen LogP contribution in [-0.2, 0) is 4.74 Å². The summed E-state index contributed by atoms with van der Waals surface area (Å²) in [6.07, 6.45) is 2.08. The molecule has 0 fully saturated rings. The first-order valence-corrected chi connectivity index (χ1v) is 6.51. The molecule has 1 aromatic heterocycles. The van der Waals surface area contributed by atoms with E-state index in [1.54, 1.807) is 14.0 Å². The van der Waals surface area contributed by atoms with E-state index in [4.69, 9.17) is 4.74 Å². The molecule has 1 aromatic rings. The zero-order valence-corrected chi connectivity index (χ0v) is 12.2. The number of methoxy groups -OCH3 is 1. The van der Waals surface area contributed by atoms with E-state index in [0.717, 1.165) is 23.7 Å². The van der Waals surface area contributed by atoms with Gasteiger partial charge in [-0.1, -0.05) is 0 Å². The topological polar surface area (TPSA) is 79.3 Å². The monoisotopic (exact) mass is 268 g/mol. The summed E-state index contributed by atoms with van der Waals surface area (Å²) in [5.74, 6) is 1.56. The molecule has 0 spiro atoms. The second-order valence-electron chi connectivity index (χ2n) is 4.82. The number of hydrogen-bond acceptors (Lipinski definition) is 6. The maximum Gasteiger partial charge on any atom is 0.134 e. The van der Waals surface area contributed by atoms with Crippen molar-refractivity contribution in [1.82, 2.24) is 9.97 Å². The van der Waals surface area contributed by atoms with Crippen LogP contribution in [0.4, 0.5) is 11.6 Å². The van der Waals surface area contributed by atoms with Gasteiger partial charge in [0, 0.05) is 38.8 Å². The summed E-state index contributed by atoms with van der Waals surface area (Å²) in [5.41, 5.74) is 0.123. The lowest BCUT2D eigenvalue weighted by atomic mass is 10.0. The van der Waals surface area contributed by atoms with Crippen LogP contribution in [0.15, 0.2) is 6.33 Å². The summed E-state index contributed by atoms with van der Waals surface area (Å²) in [6, 6.07) is 0. The largest absolute Gasteiger partial charge is 0.388 e. The van der Waals surface area contributed by atoms with Crippen LogP contribution in [0.3, 0.4) is 0 Å². The van der Waals surface area contributed by atoms with Crippen LogP contribution in [0.5, 0.6) is 0 Å². The van der Waals surface area contributed by atoms with Crippen molar-refractivity contribution in [2.24, 2.45) is 0 Å². The number of anilines is 2. The first-order valence-electron chi connectivity index (χ1n) is 6.51. The second kappa shape index (κ2) is 7.25. The Hall–Kier alpha value is -1.40. The van der Waals surface area contributed by atoms with E-state index in [1.807, 2.05) is 13.8 Å². The van der Waals surface area contributed by atoms with Crippen molar-refractivity contribution in [2.45, 2.75) is 32.8 Å². The van der Waals surface area contributed by atoms with Crippen molar-refractivity contribution in [2.75, 3.05) is 37.4 Å². The number of nitrogens with one attached hydrogen (secondary N) is 2. The number of aromatic nitrogens is 2. The molecule has 1 atom stereocenters. The van der Waals surface area contributed by atoms with Crippen LogP contribution in [-0.4, -0.2) is 47.5 Å². The minimum absolute atomic E-state index is 0.416. The van der Waals surface area contributed by atoms with E-state index in [-0.39, 0.29) is 0 Å². The van der Waals surface area contributed by atoms with Gasteiger partial charge in [0.15, 0.2) is 0 Å². The van der Waals surface area contributed by atoms with E-state index in [2.05, 4.69) is 20.6 Å². The summed E-state index contributed by atoms with van der Waals surface area (Å²) >= 11 is 0. The minimum atomic E-state index is -0.828. The molecule has 1 rings (SSSR count). The van der Waals surface area contributed by atoms with Crippen molar-refractivity contribution in [1.29, 1.82) is 0 Å². The van der Waals surface area contributed by atoms with Gasteiger partial charge < -0.3 is 20.5 Å². The molecule has 19 heavy (non-hydrogen) atoms. The summed E-state index contributed by atoms with van der Waals surface area (Å²) in [4.78, 5) is 8.38. The van der Waals surface area contributed by atoms with Crippen molar-refractivity contribution in [3.63, 3.8) is 0 Å². The van der Waals surface area contributed by atoms with Crippen LogP contribution in [0, 0.1) is 6.92 Å². The first kappa shape index (κ1) is 15.7. The van der Waals surface area contributed by atoms with E-state index >= 15 is 0 Å². The average molecular weight is 268 g/mol. The number of hydrogen-bond donors (Lipinski definition) is 3. The SMILES string of the molecule is CCNc1ncnc(NCC(C)(O)CCOC)c1C. The Morgan fingerprint density at radius 1 is 1.32 bits per heavy atom. The second-order valence-corrected chi connectivity index (χ2v) is 4.82. The third-order valence-electron chi connectivity index (χ3n) is 2.91. The number of ether oxygens (including phenoxy) is 1. The maximum absolute atomic E-state index is 10.2. The maximum atomic E-state index is 10.2. The standard InChI is InChI=1S/C13H24N4O2/c1-5-14-11-10(2)12(17-9-16-11)15-8-13(3,18)6-7-19-4/h9,18H,5-8H2,1-4H3,(H2,14,15,16,17). The van der Waals surface area contributed by atoms with Crippen LogP contribution in [0.25, 0.3) is 0 Å². The molecule has 0 aromatic carbocycles. The predicted molar refractivity (Wildman–Crippen MR) is 76.5 cm³/mol. The lowest BCUT2D eigenvalue weighted by molar-refractivity contribution is 0.0357. The normalized spacial score (nSPS) is 13.9. The molecule has 0 saturated carbocycles. The highest BCUT2D eigenvalue weighted by atomic mass is 16.5. The van der Waals surface area contributed by atoms with Gasteiger partial charge >= 0.3 is 0 Å². The van der Waals surface area contributed by atoms with E-state index in [0.29, 0.717) is 19.6 Å². The molecule has 0 saturated heterocycles. The molecule has 6 nitrogen and oxygen atoms in total. The number of nitrogens with zero attached hydrogens (tertiary/aromatic N) is 2. The summed E-state index contributed by atoms with van der Waals surface area (Å²) in [6.45, 7) is 7.50. The van der Waals surface area contributed by atoms with Gasteiger partial charge in [0.25, 0.3) is 0 Å². The zero-order chi connectivity index (χ0) is 14.3. The van der Waals surface area contributed by atoms with Crippen molar-refractivity contribution < 1.29 is 9.84 Å². The highest BCUT2D eigenvalue weighted by molar-refractivity contribution is 5.56. The summed E-state index contributed by atoms with van der Waals surface area (Å²) in [5, 5.41) is 16.5. The van der Waals surface area contributed by atoms with Crippen LogP contribution in [0.2, 0.25) is 0 Å². The molecular formula is C13H24N4O2. The van der Waals surface area contributed by atoms with Crippen LogP contribution in [0.1, 0.15) is 25.8 Å². The molecule has 0 bridgehead atoms. The van der Waals surface area contributed by atoms with Crippen molar-refractivity contribution in [3.8, 4) is 0 Å². The molecule has 1 unspecified atom stereocenters. The Kier molecular flexibility index (Phi) is 5.98. The fourth-order valence-corrected chi connectivity index (χ4v) is 1.66. The van der Waals surface area contributed by atoms with Gasteiger partial charge in [0.05, 0.1) is 5.60 Å². The van der Waals surface area contributed by atoms with Crippen LogP contribution >= 0.6 is 0 Å². The Balaban J connectivity index is 2.64. The van der Waals surface area contributed by atoms with Gasteiger partial charge in [-0.15, -0.1) is 0 Å². The lowest BCUT2D eigenvalue weighted by Gasteiger charge is -2.24. The molecule has 0 aliphatic rings. The van der Waals surface area contributed by atoms with Gasteiger partial charge in [-0.05, 0) is 20.8 Å². The van der Waals surface area contributed by atoms with Crippen molar-refractivity contribution >= 4 is 11.6 Å². The fraction of sp³-hybridized carbons (Fsp3) is 0.692. The summed E-state index contributed by atoms with van der Waals surface area (Å²) in [7, 11) is 1.63. The number of rotatable bonds is 8. The molecule has 3 N–H and O–H groups in total. The highest BCUT2D eigenvalue weighted by Gasteiger charge is 2.20. The van der Waals surface area contributed by atoms with E-state index < -0.39 is 5.60 Å². The Labute approximate surface area is 114 Å². The van der Waals surface area contributed by atoms with Gasteiger partial charge in [-0.25, -0.2) is 9.97 Å². The third kappa shape index (κ3) is 5.00. The first-order chi connectivity index (χ1) is 9.00. The quantitative estimate of drug-likeness (QED) is 0.661. The highest BCUT2D eigenvalue weighted by Crippen LogP contribution is 2.19. The fourth-order valence-electron chi connectivity index (χ4n) is 1.66.